The van der Waals surface area contributed by atoms with Gasteiger partial charge in [0.1, 0.15) is 0 Å². The maximum absolute atomic E-state index is 13.2. The van der Waals surface area contributed by atoms with E-state index < -0.39 is 0 Å². The van der Waals surface area contributed by atoms with Gasteiger partial charge in [-0.3, -0.25) is 9.89 Å². The lowest BCUT2D eigenvalue weighted by Gasteiger charge is -2.27. The smallest absolute Gasteiger partial charge is 0.257 e. The summed E-state index contributed by atoms with van der Waals surface area (Å²) in [6.07, 6.45) is 9.99. The normalized spacial score (nSPS) is 37.6. The Morgan fingerprint density at radius 2 is 2.20 bits per heavy atom. The maximum Gasteiger partial charge on any atom is 0.257 e. The average molecular weight is 345 g/mol. The fourth-order valence-corrected chi connectivity index (χ4v) is 5.93. The summed E-state index contributed by atoms with van der Waals surface area (Å²) < 4.78 is 6.25. The minimum Gasteiger partial charge on any atom is -0.396 e. The molecule has 2 bridgehead atoms. The number of aromatic nitrogens is 2. The third-order valence-electron chi connectivity index (χ3n) is 7.19. The van der Waals surface area contributed by atoms with Crippen LogP contribution in [0.2, 0.25) is 0 Å². The van der Waals surface area contributed by atoms with E-state index in [0.29, 0.717) is 19.0 Å². The third-order valence-corrected chi connectivity index (χ3v) is 7.19. The monoisotopic (exact) mass is 345 g/mol. The topological polar surface area (TPSA) is 78.5 Å². The molecule has 0 aromatic carbocycles. The highest BCUT2D eigenvalue weighted by Crippen LogP contribution is 2.54. The van der Waals surface area contributed by atoms with Crippen LogP contribution in [0.25, 0.3) is 0 Å². The zero-order valence-corrected chi connectivity index (χ0v) is 14.6. The zero-order chi connectivity index (χ0) is 17.0. The van der Waals surface area contributed by atoms with Crippen molar-refractivity contribution in [3.05, 3.63) is 17.5 Å². The van der Waals surface area contributed by atoms with Crippen LogP contribution in [-0.4, -0.2) is 57.5 Å². The molecule has 3 saturated heterocycles. The lowest BCUT2D eigenvalue weighted by atomic mass is 9.74. The van der Waals surface area contributed by atoms with Crippen LogP contribution in [0.15, 0.2) is 6.20 Å². The first-order chi connectivity index (χ1) is 12.2. The van der Waals surface area contributed by atoms with Gasteiger partial charge in [0.15, 0.2) is 0 Å². The van der Waals surface area contributed by atoms with Crippen LogP contribution in [-0.2, 0) is 4.74 Å². The molecule has 0 unspecified atom stereocenters. The van der Waals surface area contributed by atoms with Crippen molar-refractivity contribution >= 4 is 5.91 Å². The molecule has 5 rings (SSSR count). The SMILES string of the molecule is O=C(c1cn[nH]c1C1CCCCC1)N1C[C@H]2[C@@H](CO)[C@@H]3CC[C@@]2(C1)O3. The maximum atomic E-state index is 13.2. The van der Waals surface area contributed by atoms with Gasteiger partial charge >= 0.3 is 0 Å². The second-order valence-corrected chi connectivity index (χ2v) is 8.43. The average Bonchev–Trinajstić information content (AvgIpc) is 3.40. The summed E-state index contributed by atoms with van der Waals surface area (Å²) in [5.74, 6) is 0.994. The molecule has 6 nitrogen and oxygen atoms in total. The van der Waals surface area contributed by atoms with Crippen LogP contribution in [0.1, 0.15) is 66.9 Å². The number of fused-ring (bicyclic) bond motifs is 1. The molecule has 1 spiro atoms. The minimum absolute atomic E-state index is 0.0850. The van der Waals surface area contributed by atoms with Gasteiger partial charge < -0.3 is 14.7 Å². The van der Waals surface area contributed by atoms with Crippen LogP contribution in [0.3, 0.4) is 0 Å². The van der Waals surface area contributed by atoms with Gasteiger partial charge in [0.2, 0.25) is 0 Å². The fraction of sp³-hybridized carbons (Fsp3) is 0.789. The fourth-order valence-electron chi connectivity index (χ4n) is 5.93. The van der Waals surface area contributed by atoms with Gasteiger partial charge in [-0.05, 0) is 25.7 Å². The second-order valence-electron chi connectivity index (χ2n) is 8.43. The van der Waals surface area contributed by atoms with Crippen molar-refractivity contribution < 1.29 is 14.6 Å². The summed E-state index contributed by atoms with van der Waals surface area (Å²) in [4.78, 5) is 15.2. The molecule has 1 aromatic rings. The highest BCUT2D eigenvalue weighted by atomic mass is 16.5. The number of likely N-dealkylation sites (tertiary alicyclic amines) is 1. The van der Waals surface area contributed by atoms with Crippen LogP contribution in [0.4, 0.5) is 0 Å². The van der Waals surface area contributed by atoms with E-state index in [1.807, 2.05) is 4.90 Å². The standard InChI is InChI=1S/C19H27N3O3/c23-10-14-15-9-22(11-19(15)7-6-16(14)25-19)18(24)13-8-20-21-17(13)12-4-2-1-3-5-12/h8,12,14-16,23H,1-7,9-11H2,(H,20,21)/t14-,15+,16+,19+/m1/s1. The number of nitrogens with one attached hydrogen (secondary N) is 1. The lowest BCUT2D eigenvalue weighted by molar-refractivity contribution is 0.00152. The van der Waals surface area contributed by atoms with E-state index in [0.717, 1.165) is 36.9 Å². The Labute approximate surface area is 147 Å². The van der Waals surface area contributed by atoms with Crippen molar-refractivity contribution in [1.29, 1.82) is 0 Å². The summed E-state index contributed by atoms with van der Waals surface area (Å²) in [5.41, 5.74) is 1.57. The van der Waals surface area contributed by atoms with Crippen LogP contribution < -0.4 is 0 Å². The van der Waals surface area contributed by atoms with Gasteiger partial charge in [0, 0.05) is 30.9 Å². The predicted molar refractivity (Wildman–Crippen MR) is 91.2 cm³/mol. The Balaban J connectivity index is 1.37. The van der Waals surface area contributed by atoms with E-state index in [-0.39, 0.29) is 36.1 Å². The van der Waals surface area contributed by atoms with Gasteiger partial charge in [0.05, 0.1) is 35.7 Å². The van der Waals surface area contributed by atoms with Gasteiger partial charge in [-0.1, -0.05) is 19.3 Å². The number of aliphatic hydroxyl groups is 1. The highest BCUT2D eigenvalue weighted by Gasteiger charge is 2.63. The van der Waals surface area contributed by atoms with Gasteiger partial charge in [-0.25, -0.2) is 0 Å². The van der Waals surface area contributed by atoms with E-state index in [9.17, 15) is 9.90 Å². The summed E-state index contributed by atoms with van der Waals surface area (Å²) in [6, 6.07) is 0. The molecule has 2 N–H and O–H groups in total. The van der Waals surface area contributed by atoms with Crippen LogP contribution in [0, 0.1) is 11.8 Å². The molecule has 1 aromatic heterocycles. The first-order valence-electron chi connectivity index (χ1n) is 9.83. The molecule has 1 amide bonds. The number of carbonyl (C=O) groups is 1. The number of H-pyrrole nitrogens is 1. The summed E-state index contributed by atoms with van der Waals surface area (Å²) in [7, 11) is 0. The molecule has 6 heteroatoms. The molecule has 25 heavy (non-hydrogen) atoms. The molecule has 3 aliphatic heterocycles. The van der Waals surface area contributed by atoms with Crippen molar-refractivity contribution in [2.24, 2.45) is 11.8 Å². The van der Waals surface area contributed by atoms with Crippen molar-refractivity contribution in [1.82, 2.24) is 15.1 Å². The largest absolute Gasteiger partial charge is 0.396 e. The molecular formula is C19H27N3O3. The highest BCUT2D eigenvalue weighted by molar-refractivity contribution is 5.95. The Kier molecular flexibility index (Phi) is 3.68. The minimum atomic E-state index is -0.206. The molecule has 4 aliphatic rings. The molecule has 4 heterocycles. The first kappa shape index (κ1) is 15.8. The summed E-state index contributed by atoms with van der Waals surface area (Å²) in [5, 5.41) is 17.1. The molecule has 1 saturated carbocycles. The second kappa shape index (κ2) is 5.81. The van der Waals surface area contributed by atoms with Crippen LogP contribution in [0.5, 0.6) is 0 Å². The number of aliphatic hydroxyl groups excluding tert-OH is 1. The molecule has 4 atom stereocenters. The van der Waals surface area contributed by atoms with E-state index in [1.54, 1.807) is 6.20 Å². The van der Waals surface area contributed by atoms with Crippen molar-refractivity contribution in [3.63, 3.8) is 0 Å². The van der Waals surface area contributed by atoms with E-state index in [2.05, 4.69) is 10.2 Å². The van der Waals surface area contributed by atoms with Gasteiger partial charge in [0.25, 0.3) is 5.91 Å². The number of rotatable bonds is 3. The summed E-state index contributed by atoms with van der Waals surface area (Å²) in [6.45, 7) is 1.53. The van der Waals surface area contributed by atoms with Gasteiger partial charge in [-0.15, -0.1) is 0 Å². The molecular weight excluding hydrogens is 318 g/mol. The van der Waals surface area contributed by atoms with E-state index in [4.69, 9.17) is 4.74 Å². The first-order valence-corrected chi connectivity index (χ1v) is 9.83. The third kappa shape index (κ3) is 2.30. The number of carbonyl (C=O) groups excluding carboxylic acids is 1. The molecule has 1 aliphatic carbocycles. The van der Waals surface area contributed by atoms with E-state index in [1.165, 1.54) is 19.3 Å². The van der Waals surface area contributed by atoms with Crippen molar-refractivity contribution in [3.8, 4) is 0 Å². The Bertz CT molecular complexity index is 669. The number of nitrogens with zero attached hydrogens (tertiary/aromatic N) is 2. The van der Waals surface area contributed by atoms with Crippen LogP contribution >= 0.6 is 0 Å². The number of ether oxygens (including phenoxy) is 1. The Hall–Kier alpha value is -1.40. The summed E-state index contributed by atoms with van der Waals surface area (Å²) >= 11 is 0. The van der Waals surface area contributed by atoms with Crippen molar-refractivity contribution in [2.45, 2.75) is 62.6 Å². The number of aromatic amines is 1. The molecule has 4 fully saturated rings. The predicted octanol–water partition coefficient (Wildman–Crippen LogP) is 2.07. The Morgan fingerprint density at radius 3 is 3.00 bits per heavy atom. The van der Waals surface area contributed by atoms with Crippen molar-refractivity contribution in [2.75, 3.05) is 19.7 Å². The number of amides is 1. The number of hydrogen-bond donors (Lipinski definition) is 2. The molecule has 0 radical (unpaired) electrons. The van der Waals surface area contributed by atoms with Gasteiger partial charge in [-0.2, -0.15) is 5.10 Å². The number of hydrogen-bond acceptors (Lipinski definition) is 4. The lowest BCUT2D eigenvalue weighted by Crippen LogP contribution is -2.38. The Morgan fingerprint density at radius 1 is 1.36 bits per heavy atom. The molecule has 136 valence electrons. The quantitative estimate of drug-likeness (QED) is 0.879. The zero-order valence-electron chi connectivity index (χ0n) is 14.6. The van der Waals surface area contributed by atoms with E-state index >= 15 is 0 Å².